The number of carbonyl (C=O) groups is 2. The van der Waals surface area contributed by atoms with Gasteiger partial charge in [-0.15, -0.1) is 0 Å². The molecule has 4 rings (SSSR count). The fourth-order valence-electron chi connectivity index (χ4n) is 4.19. The lowest BCUT2D eigenvalue weighted by atomic mass is 9.94. The number of ketones is 1. The third kappa shape index (κ3) is 4.15. The first kappa shape index (κ1) is 23.1. The minimum Gasteiger partial charge on any atom is -0.507 e. The molecular formula is C28H27NO5. The molecule has 0 radical (unpaired) electrons. The lowest BCUT2D eigenvalue weighted by Gasteiger charge is -2.26. The van der Waals surface area contributed by atoms with E-state index in [9.17, 15) is 14.7 Å². The zero-order valence-electron chi connectivity index (χ0n) is 19.7. The molecule has 0 spiro atoms. The highest BCUT2D eigenvalue weighted by atomic mass is 16.5. The van der Waals surface area contributed by atoms with E-state index in [1.165, 1.54) is 4.90 Å². The SMILES string of the molecule is CCOc1cc(C2/C(=C(/O)c3ccc(C)cc3)C(=O)C(=O)N2c2cccc(C)c2)ccc1OC. The standard InChI is InChI=1S/C28H27NO5/c1-5-34-23-16-20(13-14-22(23)33-4)25-24(26(30)19-11-9-17(2)10-12-19)27(31)28(32)29(25)21-8-6-7-18(3)15-21/h6-16,25,30H,5H2,1-4H3/b26-24-. The van der Waals surface area contributed by atoms with E-state index in [2.05, 4.69) is 0 Å². The summed E-state index contributed by atoms with van der Waals surface area (Å²) in [6.45, 7) is 6.14. The number of rotatable bonds is 6. The molecule has 1 amide bonds. The molecule has 0 aliphatic carbocycles. The lowest BCUT2D eigenvalue weighted by Crippen LogP contribution is -2.29. The predicted molar refractivity (Wildman–Crippen MR) is 131 cm³/mol. The lowest BCUT2D eigenvalue weighted by molar-refractivity contribution is -0.132. The summed E-state index contributed by atoms with van der Waals surface area (Å²) in [5, 5.41) is 11.2. The Labute approximate surface area is 199 Å². The summed E-state index contributed by atoms with van der Waals surface area (Å²) < 4.78 is 11.1. The van der Waals surface area contributed by atoms with Gasteiger partial charge in [-0.1, -0.05) is 48.0 Å². The Morgan fingerprint density at radius 1 is 0.941 bits per heavy atom. The topological polar surface area (TPSA) is 76.1 Å². The number of hydrogen-bond donors (Lipinski definition) is 1. The first-order valence-corrected chi connectivity index (χ1v) is 11.1. The molecule has 1 aliphatic rings. The van der Waals surface area contributed by atoms with Crippen LogP contribution in [0.1, 0.15) is 35.2 Å². The van der Waals surface area contributed by atoms with Gasteiger partial charge in [-0.05, 0) is 56.2 Å². The van der Waals surface area contributed by atoms with Crippen molar-refractivity contribution in [2.45, 2.75) is 26.8 Å². The van der Waals surface area contributed by atoms with Gasteiger partial charge >= 0.3 is 0 Å². The number of methoxy groups -OCH3 is 1. The van der Waals surface area contributed by atoms with Gasteiger partial charge in [0.05, 0.1) is 25.3 Å². The summed E-state index contributed by atoms with van der Waals surface area (Å²) in [6, 6.07) is 19.0. The molecule has 0 bridgehead atoms. The molecule has 6 heteroatoms. The number of ether oxygens (including phenoxy) is 2. The molecule has 0 aromatic heterocycles. The van der Waals surface area contributed by atoms with Crippen molar-refractivity contribution in [1.29, 1.82) is 0 Å². The zero-order chi connectivity index (χ0) is 24.4. The Morgan fingerprint density at radius 2 is 1.68 bits per heavy atom. The number of amides is 1. The van der Waals surface area contributed by atoms with Crippen molar-refractivity contribution in [3.05, 3.63) is 94.6 Å². The second-order valence-corrected chi connectivity index (χ2v) is 8.22. The van der Waals surface area contributed by atoms with Gasteiger partial charge < -0.3 is 14.6 Å². The minimum atomic E-state index is -0.840. The molecule has 3 aromatic rings. The van der Waals surface area contributed by atoms with Crippen LogP contribution in [0.25, 0.3) is 5.76 Å². The number of benzene rings is 3. The maximum absolute atomic E-state index is 13.3. The molecule has 1 unspecified atom stereocenters. The average Bonchev–Trinajstić information content (AvgIpc) is 3.09. The van der Waals surface area contributed by atoms with Crippen LogP contribution in [0.4, 0.5) is 5.69 Å². The van der Waals surface area contributed by atoms with E-state index in [-0.39, 0.29) is 11.3 Å². The summed E-state index contributed by atoms with van der Waals surface area (Å²) in [5.41, 5.74) is 3.66. The summed E-state index contributed by atoms with van der Waals surface area (Å²) in [7, 11) is 1.55. The third-order valence-corrected chi connectivity index (χ3v) is 5.85. The Kier molecular flexibility index (Phi) is 6.41. The highest BCUT2D eigenvalue weighted by Crippen LogP contribution is 2.44. The van der Waals surface area contributed by atoms with Crippen molar-refractivity contribution in [3.8, 4) is 11.5 Å². The summed E-state index contributed by atoms with van der Waals surface area (Å²) >= 11 is 0. The number of anilines is 1. The monoisotopic (exact) mass is 457 g/mol. The number of carbonyl (C=O) groups excluding carboxylic acids is 2. The van der Waals surface area contributed by atoms with Crippen LogP contribution in [0.5, 0.6) is 11.5 Å². The van der Waals surface area contributed by atoms with Crippen LogP contribution in [0.3, 0.4) is 0 Å². The normalized spacial score (nSPS) is 17.2. The molecule has 1 fully saturated rings. The van der Waals surface area contributed by atoms with Crippen LogP contribution in [0, 0.1) is 13.8 Å². The van der Waals surface area contributed by atoms with E-state index >= 15 is 0 Å². The van der Waals surface area contributed by atoms with Crippen molar-refractivity contribution in [3.63, 3.8) is 0 Å². The first-order valence-electron chi connectivity index (χ1n) is 11.1. The van der Waals surface area contributed by atoms with Crippen molar-refractivity contribution >= 4 is 23.1 Å². The molecule has 1 N–H and O–H groups in total. The van der Waals surface area contributed by atoms with E-state index in [1.807, 2.05) is 51.1 Å². The molecule has 6 nitrogen and oxygen atoms in total. The number of aliphatic hydroxyl groups excluding tert-OH is 1. The molecule has 1 atom stereocenters. The van der Waals surface area contributed by atoms with Gasteiger partial charge in [0, 0.05) is 11.3 Å². The van der Waals surface area contributed by atoms with Gasteiger partial charge in [0.25, 0.3) is 11.7 Å². The molecular weight excluding hydrogens is 430 g/mol. The van der Waals surface area contributed by atoms with E-state index in [4.69, 9.17) is 9.47 Å². The molecule has 34 heavy (non-hydrogen) atoms. The Morgan fingerprint density at radius 3 is 2.32 bits per heavy atom. The maximum atomic E-state index is 13.3. The van der Waals surface area contributed by atoms with Crippen LogP contribution >= 0.6 is 0 Å². The fraction of sp³-hybridized carbons (Fsp3) is 0.214. The molecule has 0 saturated carbocycles. The Hall–Kier alpha value is -4.06. The quantitative estimate of drug-likeness (QED) is 0.307. The highest BCUT2D eigenvalue weighted by Gasteiger charge is 2.47. The smallest absolute Gasteiger partial charge is 0.300 e. The predicted octanol–water partition coefficient (Wildman–Crippen LogP) is 5.34. The second-order valence-electron chi connectivity index (χ2n) is 8.22. The van der Waals surface area contributed by atoms with E-state index in [0.717, 1.165) is 11.1 Å². The van der Waals surface area contributed by atoms with Crippen LogP contribution in [-0.4, -0.2) is 30.5 Å². The second kappa shape index (κ2) is 9.43. The minimum absolute atomic E-state index is 0.0305. The molecule has 1 heterocycles. The third-order valence-electron chi connectivity index (χ3n) is 5.85. The molecule has 174 valence electrons. The fourth-order valence-corrected chi connectivity index (χ4v) is 4.19. The van der Waals surface area contributed by atoms with Crippen LogP contribution in [-0.2, 0) is 9.59 Å². The summed E-state index contributed by atoms with van der Waals surface area (Å²) in [5.74, 6) is -0.618. The average molecular weight is 458 g/mol. The number of hydrogen-bond acceptors (Lipinski definition) is 5. The maximum Gasteiger partial charge on any atom is 0.300 e. The van der Waals surface area contributed by atoms with Crippen LogP contribution < -0.4 is 14.4 Å². The van der Waals surface area contributed by atoms with E-state index < -0.39 is 17.7 Å². The molecule has 1 saturated heterocycles. The van der Waals surface area contributed by atoms with Crippen molar-refractivity contribution in [2.24, 2.45) is 0 Å². The highest BCUT2D eigenvalue weighted by molar-refractivity contribution is 6.51. The van der Waals surface area contributed by atoms with Gasteiger partial charge in [-0.2, -0.15) is 0 Å². The van der Waals surface area contributed by atoms with Crippen molar-refractivity contribution < 1.29 is 24.2 Å². The van der Waals surface area contributed by atoms with Gasteiger partial charge in [0.1, 0.15) is 5.76 Å². The Balaban J connectivity index is 1.96. The number of Topliss-reactive ketones (excluding diaryl/α,β-unsaturated/α-hetero) is 1. The van der Waals surface area contributed by atoms with Crippen LogP contribution in [0.2, 0.25) is 0 Å². The summed E-state index contributed by atoms with van der Waals surface area (Å²) in [4.78, 5) is 28.1. The molecule has 3 aromatic carbocycles. The van der Waals surface area contributed by atoms with Crippen molar-refractivity contribution in [2.75, 3.05) is 18.6 Å². The number of nitrogens with zero attached hydrogens (tertiary/aromatic N) is 1. The van der Waals surface area contributed by atoms with Crippen molar-refractivity contribution in [1.82, 2.24) is 0 Å². The van der Waals surface area contributed by atoms with Crippen LogP contribution in [0.15, 0.2) is 72.3 Å². The van der Waals surface area contributed by atoms with Gasteiger partial charge in [0.15, 0.2) is 11.5 Å². The van der Waals surface area contributed by atoms with E-state index in [1.54, 1.807) is 43.5 Å². The zero-order valence-corrected chi connectivity index (χ0v) is 19.7. The first-order chi connectivity index (χ1) is 16.3. The Bertz CT molecular complexity index is 1280. The van der Waals surface area contributed by atoms with Gasteiger partial charge in [-0.25, -0.2) is 0 Å². The summed E-state index contributed by atoms with van der Waals surface area (Å²) in [6.07, 6.45) is 0. The van der Waals surface area contributed by atoms with Gasteiger partial charge in [0.2, 0.25) is 0 Å². The number of aryl methyl sites for hydroxylation is 2. The van der Waals surface area contributed by atoms with E-state index in [0.29, 0.717) is 34.9 Å². The number of aliphatic hydroxyl groups is 1. The van der Waals surface area contributed by atoms with Gasteiger partial charge in [-0.3, -0.25) is 14.5 Å². The molecule has 1 aliphatic heterocycles. The largest absolute Gasteiger partial charge is 0.507 e.